The van der Waals surface area contributed by atoms with Crippen molar-refractivity contribution in [2.45, 2.75) is 61.7 Å². The molecule has 0 bridgehead atoms. The van der Waals surface area contributed by atoms with Gasteiger partial charge in [0.05, 0.1) is 12.9 Å². The van der Waals surface area contributed by atoms with Crippen LogP contribution < -0.4 is 0 Å². The highest BCUT2D eigenvalue weighted by Gasteiger charge is 2.44. The van der Waals surface area contributed by atoms with Crippen molar-refractivity contribution in [2.75, 3.05) is 12.4 Å². The molecule has 2 aromatic heterocycles. The largest absolute Gasteiger partial charge is 0.394 e. The van der Waals surface area contributed by atoms with E-state index in [1.807, 2.05) is 0 Å². The molecular formula is C17H24N4O4S. The van der Waals surface area contributed by atoms with Gasteiger partial charge in [-0.05, 0) is 18.8 Å². The van der Waals surface area contributed by atoms with E-state index in [-0.39, 0.29) is 6.61 Å². The summed E-state index contributed by atoms with van der Waals surface area (Å²) in [5.74, 6) is 1.74. The van der Waals surface area contributed by atoms with Gasteiger partial charge < -0.3 is 20.1 Å². The van der Waals surface area contributed by atoms with Crippen LogP contribution in [0.1, 0.15) is 38.3 Å². The summed E-state index contributed by atoms with van der Waals surface area (Å²) in [6.07, 6.45) is 5.59. The van der Waals surface area contributed by atoms with Crippen molar-refractivity contribution < 1.29 is 20.1 Å². The second-order valence-corrected chi connectivity index (χ2v) is 8.06. The summed E-state index contributed by atoms with van der Waals surface area (Å²) < 4.78 is 7.19. The Morgan fingerprint density at radius 1 is 1.12 bits per heavy atom. The second kappa shape index (κ2) is 7.77. The van der Waals surface area contributed by atoms with Gasteiger partial charge in [-0.2, -0.15) is 0 Å². The molecule has 142 valence electrons. The minimum Gasteiger partial charge on any atom is -0.394 e. The highest BCUT2D eigenvalue weighted by molar-refractivity contribution is 7.99. The smallest absolute Gasteiger partial charge is 0.166 e. The lowest BCUT2D eigenvalue weighted by Gasteiger charge is -2.20. The van der Waals surface area contributed by atoms with E-state index in [0.717, 1.165) is 16.7 Å². The molecule has 8 nitrogen and oxygen atoms in total. The van der Waals surface area contributed by atoms with Crippen molar-refractivity contribution in [3.63, 3.8) is 0 Å². The van der Waals surface area contributed by atoms with Gasteiger partial charge in [0.1, 0.15) is 35.2 Å². The summed E-state index contributed by atoms with van der Waals surface area (Å²) >= 11 is 1.70. The monoisotopic (exact) mass is 380 g/mol. The maximum atomic E-state index is 10.2. The Hall–Kier alpha value is -1.26. The van der Waals surface area contributed by atoms with Gasteiger partial charge in [0.25, 0.3) is 0 Å². The van der Waals surface area contributed by atoms with Crippen LogP contribution in [0, 0.1) is 5.92 Å². The van der Waals surface area contributed by atoms with E-state index in [1.54, 1.807) is 22.7 Å². The number of aliphatic hydroxyl groups is 3. The highest BCUT2D eigenvalue weighted by atomic mass is 32.2. The van der Waals surface area contributed by atoms with Crippen molar-refractivity contribution in [1.82, 2.24) is 19.5 Å². The fourth-order valence-corrected chi connectivity index (χ4v) is 4.91. The number of aliphatic hydroxyl groups excluding tert-OH is 3. The fraction of sp³-hybridized carbons (Fsp3) is 0.706. The normalized spacial score (nSPS) is 30.3. The number of aromatic nitrogens is 4. The van der Waals surface area contributed by atoms with Gasteiger partial charge in [-0.15, -0.1) is 11.8 Å². The number of fused-ring (bicyclic) bond motifs is 1. The fourth-order valence-electron chi connectivity index (χ4n) is 3.78. The summed E-state index contributed by atoms with van der Waals surface area (Å²) in [6.45, 7) is -0.362. The van der Waals surface area contributed by atoms with Gasteiger partial charge in [-0.1, -0.05) is 19.3 Å². The van der Waals surface area contributed by atoms with E-state index in [9.17, 15) is 15.3 Å². The van der Waals surface area contributed by atoms with Gasteiger partial charge in [0.2, 0.25) is 0 Å². The molecular weight excluding hydrogens is 356 g/mol. The first kappa shape index (κ1) is 18.1. The number of hydrogen-bond donors (Lipinski definition) is 3. The third-order valence-corrected chi connectivity index (χ3v) is 6.51. The first-order valence-corrected chi connectivity index (χ1v) is 10.1. The standard InChI is InChI=1S/C17H24N4O4S/c22-6-11-13(23)14(24)17(25-11)21-9-20-12-15(21)18-8-19-16(12)26-7-10-4-2-1-3-5-10/h8-11,13-14,17,22-24H,1-7H2/t11-,13-,14-,17-/m1/s1. The Morgan fingerprint density at radius 2 is 1.92 bits per heavy atom. The molecule has 0 amide bonds. The molecule has 1 saturated heterocycles. The van der Waals surface area contributed by atoms with Gasteiger partial charge >= 0.3 is 0 Å². The molecule has 1 aliphatic carbocycles. The maximum Gasteiger partial charge on any atom is 0.166 e. The zero-order chi connectivity index (χ0) is 18.1. The molecule has 9 heteroatoms. The molecule has 1 saturated carbocycles. The summed E-state index contributed by atoms with van der Waals surface area (Å²) in [5, 5.41) is 30.3. The summed E-state index contributed by atoms with van der Waals surface area (Å²) in [4.78, 5) is 13.1. The minimum atomic E-state index is -1.15. The molecule has 2 fully saturated rings. The third kappa shape index (κ3) is 3.34. The molecule has 2 aromatic rings. The van der Waals surface area contributed by atoms with E-state index in [1.165, 1.54) is 38.4 Å². The first-order chi connectivity index (χ1) is 12.7. The molecule has 26 heavy (non-hydrogen) atoms. The number of thioether (sulfide) groups is 1. The lowest BCUT2D eigenvalue weighted by atomic mass is 9.91. The molecule has 1 aliphatic heterocycles. The zero-order valence-corrected chi connectivity index (χ0v) is 15.3. The topological polar surface area (TPSA) is 114 Å². The van der Waals surface area contributed by atoms with Gasteiger partial charge in [0.15, 0.2) is 11.9 Å². The van der Waals surface area contributed by atoms with Crippen molar-refractivity contribution >= 4 is 22.9 Å². The van der Waals surface area contributed by atoms with Crippen molar-refractivity contribution in [2.24, 2.45) is 5.92 Å². The van der Waals surface area contributed by atoms with Gasteiger partial charge in [-0.25, -0.2) is 15.0 Å². The molecule has 3 heterocycles. The van der Waals surface area contributed by atoms with Crippen LogP contribution in [0.4, 0.5) is 0 Å². The van der Waals surface area contributed by atoms with Crippen LogP contribution in [0.5, 0.6) is 0 Å². The maximum absolute atomic E-state index is 10.2. The van der Waals surface area contributed by atoms with E-state index >= 15 is 0 Å². The van der Waals surface area contributed by atoms with Crippen LogP contribution in [0.2, 0.25) is 0 Å². The number of hydrogen-bond acceptors (Lipinski definition) is 8. The zero-order valence-electron chi connectivity index (χ0n) is 14.4. The number of nitrogens with zero attached hydrogens (tertiary/aromatic N) is 4. The second-order valence-electron chi connectivity index (χ2n) is 7.05. The van der Waals surface area contributed by atoms with Crippen LogP contribution in [-0.4, -0.2) is 65.5 Å². The highest BCUT2D eigenvalue weighted by Crippen LogP contribution is 2.34. The Balaban J connectivity index is 1.55. The number of imidazole rings is 1. The Morgan fingerprint density at radius 3 is 2.65 bits per heavy atom. The minimum absolute atomic E-state index is 0.362. The summed E-state index contributed by atoms with van der Waals surface area (Å²) in [6, 6.07) is 0. The van der Waals surface area contributed by atoms with Gasteiger partial charge in [-0.3, -0.25) is 4.57 Å². The molecule has 2 aliphatic rings. The van der Waals surface area contributed by atoms with Crippen LogP contribution in [0.25, 0.3) is 11.2 Å². The molecule has 0 aromatic carbocycles. The Kier molecular flexibility index (Phi) is 5.42. The molecule has 0 radical (unpaired) electrons. The predicted octanol–water partition coefficient (Wildman–Crippen LogP) is 1.11. The third-order valence-electron chi connectivity index (χ3n) is 5.30. The van der Waals surface area contributed by atoms with Crippen LogP contribution in [0.3, 0.4) is 0 Å². The average Bonchev–Trinajstić information content (AvgIpc) is 3.23. The average molecular weight is 380 g/mol. The van der Waals surface area contributed by atoms with E-state index in [0.29, 0.717) is 11.2 Å². The van der Waals surface area contributed by atoms with E-state index < -0.39 is 24.5 Å². The molecule has 4 atom stereocenters. The van der Waals surface area contributed by atoms with Crippen molar-refractivity contribution in [3.05, 3.63) is 12.7 Å². The van der Waals surface area contributed by atoms with Crippen LogP contribution in [0.15, 0.2) is 17.7 Å². The van der Waals surface area contributed by atoms with E-state index in [4.69, 9.17) is 4.74 Å². The molecule has 3 N–H and O–H groups in total. The number of ether oxygens (including phenoxy) is 1. The predicted molar refractivity (Wildman–Crippen MR) is 95.6 cm³/mol. The molecule has 0 unspecified atom stereocenters. The lowest BCUT2D eigenvalue weighted by Crippen LogP contribution is -2.33. The Labute approximate surface area is 155 Å². The number of rotatable bonds is 5. The van der Waals surface area contributed by atoms with E-state index in [2.05, 4.69) is 15.0 Å². The quantitative estimate of drug-likeness (QED) is 0.522. The van der Waals surface area contributed by atoms with Crippen molar-refractivity contribution in [1.29, 1.82) is 0 Å². The summed E-state index contributed by atoms with van der Waals surface area (Å²) in [5.41, 5.74) is 1.23. The Bertz CT molecular complexity index is 751. The molecule has 0 spiro atoms. The van der Waals surface area contributed by atoms with Crippen LogP contribution in [-0.2, 0) is 4.74 Å². The molecule has 4 rings (SSSR count). The lowest BCUT2D eigenvalue weighted by molar-refractivity contribution is -0.0511. The summed E-state index contributed by atoms with van der Waals surface area (Å²) in [7, 11) is 0. The van der Waals surface area contributed by atoms with Crippen LogP contribution >= 0.6 is 11.8 Å². The van der Waals surface area contributed by atoms with Gasteiger partial charge in [0, 0.05) is 5.75 Å². The SMILES string of the molecule is OC[C@H]1O[C@@H](n2cnc3c(SCC4CCCCC4)ncnc32)[C@H](O)[C@@H]1O. The van der Waals surface area contributed by atoms with Crippen molar-refractivity contribution in [3.8, 4) is 0 Å². The first-order valence-electron chi connectivity index (χ1n) is 9.12.